The van der Waals surface area contributed by atoms with Gasteiger partial charge in [-0.25, -0.2) is 4.98 Å². The van der Waals surface area contributed by atoms with Crippen molar-refractivity contribution in [1.29, 1.82) is 0 Å². The maximum atomic E-state index is 12.7. The number of likely N-dealkylation sites (tertiary alicyclic amines) is 1. The van der Waals surface area contributed by atoms with Gasteiger partial charge in [0, 0.05) is 25.1 Å². The monoisotopic (exact) mass is 294 g/mol. The first-order valence-corrected chi connectivity index (χ1v) is 7.21. The van der Waals surface area contributed by atoms with Crippen molar-refractivity contribution in [2.24, 2.45) is 0 Å². The molecule has 1 unspecified atom stereocenters. The molecule has 1 aliphatic rings. The maximum Gasteiger partial charge on any atom is 0.274 e. The minimum absolute atomic E-state index is 0.0769. The Morgan fingerprint density at radius 1 is 1.23 bits per heavy atom. The van der Waals surface area contributed by atoms with Crippen LogP contribution >= 0.6 is 0 Å². The number of pyridine rings is 1. The third kappa shape index (κ3) is 2.02. The zero-order valence-corrected chi connectivity index (χ0v) is 11.8. The Balaban J connectivity index is 1.71. The van der Waals surface area contributed by atoms with Crippen molar-refractivity contribution >= 4 is 11.6 Å². The van der Waals surface area contributed by atoms with Crippen molar-refractivity contribution in [3.63, 3.8) is 0 Å². The van der Waals surface area contributed by atoms with Crippen LogP contribution in [-0.2, 0) is 0 Å². The summed E-state index contributed by atoms with van der Waals surface area (Å²) in [5.41, 5.74) is 1.15. The molecule has 0 aromatic carbocycles. The molecule has 3 aromatic rings. The number of hydrogen-bond acceptors (Lipinski definition) is 5. The van der Waals surface area contributed by atoms with E-state index in [1.165, 1.54) is 12.4 Å². The van der Waals surface area contributed by atoms with Crippen LogP contribution in [0.4, 0.5) is 0 Å². The number of rotatable bonds is 2. The molecule has 0 N–H and O–H groups in total. The van der Waals surface area contributed by atoms with Crippen LogP contribution in [0.2, 0.25) is 0 Å². The second-order valence-corrected chi connectivity index (χ2v) is 5.23. The standard InChI is InChI=1S/C15H14N6O/c22-15(11-10-16-6-7-17-11)20-9-3-4-12(20)14-19-18-13-5-1-2-8-21(13)14/h1-2,5-8,10,12H,3-4,9H2. The van der Waals surface area contributed by atoms with Crippen molar-refractivity contribution in [2.45, 2.75) is 18.9 Å². The molecule has 0 radical (unpaired) electrons. The van der Waals surface area contributed by atoms with Gasteiger partial charge in [-0.15, -0.1) is 10.2 Å². The van der Waals surface area contributed by atoms with E-state index in [2.05, 4.69) is 20.2 Å². The molecule has 0 bridgehead atoms. The minimum atomic E-state index is -0.108. The number of carbonyl (C=O) groups excluding carboxylic acids is 1. The van der Waals surface area contributed by atoms with Gasteiger partial charge in [0.15, 0.2) is 11.5 Å². The lowest BCUT2D eigenvalue weighted by atomic mass is 10.2. The summed E-state index contributed by atoms with van der Waals surface area (Å²) in [6.45, 7) is 0.696. The SMILES string of the molecule is O=C(c1cnccn1)N1CCCC1c1nnc2ccccn12. The highest BCUT2D eigenvalue weighted by Crippen LogP contribution is 2.31. The molecule has 110 valence electrons. The summed E-state index contributed by atoms with van der Waals surface area (Å²) in [6, 6.07) is 5.68. The minimum Gasteiger partial charge on any atom is -0.327 e. The number of aromatic nitrogens is 5. The normalized spacial score (nSPS) is 18.0. The van der Waals surface area contributed by atoms with Crippen molar-refractivity contribution in [1.82, 2.24) is 29.5 Å². The van der Waals surface area contributed by atoms with Crippen LogP contribution in [0.25, 0.3) is 5.65 Å². The summed E-state index contributed by atoms with van der Waals surface area (Å²) in [6.07, 6.45) is 8.34. The summed E-state index contributed by atoms with van der Waals surface area (Å²) in [4.78, 5) is 22.5. The third-order valence-corrected chi connectivity index (χ3v) is 3.93. The second-order valence-electron chi connectivity index (χ2n) is 5.23. The van der Waals surface area contributed by atoms with Gasteiger partial charge in [0.1, 0.15) is 5.69 Å². The van der Waals surface area contributed by atoms with Gasteiger partial charge in [0.2, 0.25) is 0 Å². The zero-order valence-electron chi connectivity index (χ0n) is 11.8. The van der Waals surface area contributed by atoms with Crippen molar-refractivity contribution in [3.8, 4) is 0 Å². The Bertz CT molecular complexity index is 815. The summed E-state index contributed by atoms with van der Waals surface area (Å²) >= 11 is 0. The van der Waals surface area contributed by atoms with E-state index in [0.29, 0.717) is 12.2 Å². The third-order valence-electron chi connectivity index (χ3n) is 3.93. The molecule has 7 nitrogen and oxygen atoms in total. The first-order chi connectivity index (χ1) is 10.8. The fourth-order valence-corrected chi connectivity index (χ4v) is 2.92. The lowest BCUT2D eigenvalue weighted by Gasteiger charge is -2.22. The van der Waals surface area contributed by atoms with Crippen molar-refractivity contribution in [3.05, 3.63) is 54.5 Å². The van der Waals surface area contributed by atoms with Crippen LogP contribution in [0.15, 0.2) is 43.0 Å². The average Bonchev–Trinajstić information content (AvgIpc) is 3.21. The first kappa shape index (κ1) is 12.9. The van der Waals surface area contributed by atoms with E-state index in [1.54, 1.807) is 6.20 Å². The molecule has 1 saturated heterocycles. The lowest BCUT2D eigenvalue weighted by molar-refractivity contribution is 0.0722. The average molecular weight is 294 g/mol. The lowest BCUT2D eigenvalue weighted by Crippen LogP contribution is -2.32. The summed E-state index contributed by atoms with van der Waals surface area (Å²) < 4.78 is 1.94. The van der Waals surface area contributed by atoms with Crippen LogP contribution in [0.3, 0.4) is 0 Å². The molecular formula is C15H14N6O. The van der Waals surface area contributed by atoms with Gasteiger partial charge < -0.3 is 4.90 Å². The van der Waals surface area contributed by atoms with Crippen molar-refractivity contribution < 1.29 is 4.79 Å². The summed E-state index contributed by atoms with van der Waals surface area (Å²) in [5, 5.41) is 8.46. The van der Waals surface area contributed by atoms with Gasteiger partial charge in [-0.05, 0) is 25.0 Å². The molecule has 4 heterocycles. The number of fused-ring (bicyclic) bond motifs is 1. The highest BCUT2D eigenvalue weighted by Gasteiger charge is 2.34. The molecule has 1 aliphatic heterocycles. The van der Waals surface area contributed by atoms with E-state index >= 15 is 0 Å². The molecule has 0 aliphatic carbocycles. The predicted molar refractivity (Wildman–Crippen MR) is 78.0 cm³/mol. The number of nitrogens with zero attached hydrogens (tertiary/aromatic N) is 6. The number of carbonyl (C=O) groups is 1. The quantitative estimate of drug-likeness (QED) is 0.716. The Labute approximate surface area is 126 Å². The fourth-order valence-electron chi connectivity index (χ4n) is 2.92. The summed E-state index contributed by atoms with van der Waals surface area (Å²) in [7, 11) is 0. The molecule has 4 rings (SSSR count). The van der Waals surface area contributed by atoms with E-state index in [1.807, 2.05) is 33.7 Å². The molecule has 0 saturated carbocycles. The van der Waals surface area contributed by atoms with E-state index in [4.69, 9.17) is 0 Å². The highest BCUT2D eigenvalue weighted by atomic mass is 16.2. The molecule has 1 atom stereocenters. The topological polar surface area (TPSA) is 76.3 Å². The Morgan fingerprint density at radius 2 is 2.18 bits per heavy atom. The number of amides is 1. The molecule has 0 spiro atoms. The van der Waals surface area contributed by atoms with Crippen LogP contribution < -0.4 is 0 Å². The molecular weight excluding hydrogens is 280 g/mol. The van der Waals surface area contributed by atoms with Gasteiger partial charge in [-0.2, -0.15) is 0 Å². The van der Waals surface area contributed by atoms with E-state index in [-0.39, 0.29) is 11.9 Å². The molecule has 1 fully saturated rings. The number of hydrogen-bond donors (Lipinski definition) is 0. The molecule has 3 aromatic heterocycles. The molecule has 1 amide bonds. The van der Waals surface area contributed by atoms with E-state index in [0.717, 1.165) is 24.3 Å². The van der Waals surface area contributed by atoms with Crippen LogP contribution in [0, 0.1) is 0 Å². The Hall–Kier alpha value is -2.83. The second kappa shape index (κ2) is 5.18. The van der Waals surface area contributed by atoms with Gasteiger partial charge in [0.05, 0.1) is 12.2 Å². The summed E-state index contributed by atoms with van der Waals surface area (Å²) in [5.74, 6) is 0.689. The largest absolute Gasteiger partial charge is 0.327 e. The van der Waals surface area contributed by atoms with Gasteiger partial charge in [-0.3, -0.25) is 14.2 Å². The molecule has 22 heavy (non-hydrogen) atoms. The predicted octanol–water partition coefficient (Wildman–Crippen LogP) is 1.50. The van der Waals surface area contributed by atoms with E-state index in [9.17, 15) is 4.79 Å². The van der Waals surface area contributed by atoms with Crippen LogP contribution in [0.5, 0.6) is 0 Å². The zero-order chi connectivity index (χ0) is 14.9. The van der Waals surface area contributed by atoms with Crippen molar-refractivity contribution in [2.75, 3.05) is 6.54 Å². The van der Waals surface area contributed by atoms with Crippen LogP contribution in [0.1, 0.15) is 35.2 Å². The Kier molecular flexibility index (Phi) is 3.03. The highest BCUT2D eigenvalue weighted by molar-refractivity contribution is 5.92. The van der Waals surface area contributed by atoms with Gasteiger partial charge >= 0.3 is 0 Å². The van der Waals surface area contributed by atoms with Gasteiger partial charge in [-0.1, -0.05) is 6.07 Å². The first-order valence-electron chi connectivity index (χ1n) is 7.21. The van der Waals surface area contributed by atoms with Gasteiger partial charge in [0.25, 0.3) is 5.91 Å². The maximum absolute atomic E-state index is 12.7. The smallest absolute Gasteiger partial charge is 0.274 e. The van der Waals surface area contributed by atoms with E-state index < -0.39 is 0 Å². The molecule has 7 heteroatoms. The van der Waals surface area contributed by atoms with Crippen LogP contribution in [-0.4, -0.2) is 41.9 Å². The fraction of sp³-hybridized carbons (Fsp3) is 0.267. The Morgan fingerprint density at radius 3 is 3.05 bits per heavy atom.